The van der Waals surface area contributed by atoms with E-state index in [1.807, 2.05) is 13.8 Å². The molecule has 0 aliphatic rings. The predicted molar refractivity (Wildman–Crippen MR) is 129 cm³/mol. The zero-order valence-electron chi connectivity index (χ0n) is 17.5. The molecular weight excluding hydrogens is 539 g/mol. The SMILES string of the molecule is CCNC(=NCc1cc(C)ccc1OC(F)F)NCCCS(=O)(=O)c1ccccc1.I. The van der Waals surface area contributed by atoms with Crippen molar-refractivity contribution in [1.29, 1.82) is 0 Å². The fraction of sp³-hybridized carbons (Fsp3) is 0.381. The molecule has 0 amide bonds. The lowest BCUT2D eigenvalue weighted by Crippen LogP contribution is -2.38. The number of guanidine groups is 1. The first-order valence-electron chi connectivity index (χ1n) is 9.66. The number of alkyl halides is 2. The molecule has 0 bridgehead atoms. The summed E-state index contributed by atoms with van der Waals surface area (Å²) in [7, 11) is -3.34. The Labute approximate surface area is 199 Å². The van der Waals surface area contributed by atoms with Gasteiger partial charge >= 0.3 is 6.61 Å². The molecule has 2 rings (SSSR count). The third-order valence-electron chi connectivity index (χ3n) is 4.17. The Bertz CT molecular complexity index is 942. The number of hydrogen-bond donors (Lipinski definition) is 2. The number of aliphatic imine (C=N–C) groups is 1. The minimum atomic E-state index is -3.34. The van der Waals surface area contributed by atoms with Crippen LogP contribution in [0.25, 0.3) is 0 Å². The largest absolute Gasteiger partial charge is 0.434 e. The molecule has 0 aromatic heterocycles. The second kappa shape index (κ2) is 13.5. The molecule has 0 aliphatic heterocycles. The predicted octanol–water partition coefficient (Wildman–Crippen LogP) is 4.13. The molecule has 0 atom stereocenters. The van der Waals surface area contributed by atoms with E-state index in [2.05, 4.69) is 20.4 Å². The minimum absolute atomic E-state index is 0. The zero-order chi connectivity index (χ0) is 22.0. The van der Waals surface area contributed by atoms with Crippen LogP contribution in [0.1, 0.15) is 24.5 Å². The van der Waals surface area contributed by atoms with Crippen molar-refractivity contribution in [3.63, 3.8) is 0 Å². The monoisotopic (exact) mass is 567 g/mol. The van der Waals surface area contributed by atoms with Crippen LogP contribution in [0, 0.1) is 6.92 Å². The normalized spacial score (nSPS) is 11.7. The van der Waals surface area contributed by atoms with Gasteiger partial charge in [0.15, 0.2) is 15.8 Å². The third-order valence-corrected chi connectivity index (χ3v) is 5.98. The molecule has 6 nitrogen and oxygen atoms in total. The van der Waals surface area contributed by atoms with Crippen LogP contribution in [0.15, 0.2) is 58.4 Å². The second-order valence-corrected chi connectivity index (χ2v) is 8.71. The summed E-state index contributed by atoms with van der Waals surface area (Å²) in [5, 5.41) is 6.13. The molecule has 0 saturated carbocycles. The number of benzene rings is 2. The standard InChI is InChI=1S/C21H27F2N3O3S.HI/c1-3-24-21(25-12-7-13-30(27,28)18-8-5-4-6-9-18)26-15-17-14-16(2)10-11-19(17)29-20(22)23;/h4-6,8-11,14,20H,3,7,12-13,15H2,1-2H3,(H2,24,25,26);1H. The number of nitrogens with zero attached hydrogens (tertiary/aromatic N) is 1. The molecular formula is C21H28F2IN3O3S. The Kier molecular flexibility index (Phi) is 11.8. The molecule has 0 fully saturated rings. The summed E-state index contributed by atoms with van der Waals surface area (Å²) in [6.07, 6.45) is 0.395. The van der Waals surface area contributed by atoms with Crippen LogP contribution < -0.4 is 15.4 Å². The Hall–Kier alpha value is -1.95. The van der Waals surface area contributed by atoms with Crippen LogP contribution in [0.3, 0.4) is 0 Å². The molecule has 0 unspecified atom stereocenters. The van der Waals surface area contributed by atoms with Crippen molar-refractivity contribution in [1.82, 2.24) is 10.6 Å². The quantitative estimate of drug-likeness (QED) is 0.195. The lowest BCUT2D eigenvalue weighted by Gasteiger charge is -2.13. The van der Waals surface area contributed by atoms with Gasteiger partial charge < -0.3 is 15.4 Å². The molecule has 10 heteroatoms. The molecule has 2 aromatic rings. The Morgan fingerprint density at radius 2 is 1.84 bits per heavy atom. The van der Waals surface area contributed by atoms with Gasteiger partial charge in [-0.1, -0.05) is 35.9 Å². The number of hydrogen-bond acceptors (Lipinski definition) is 4. The van der Waals surface area contributed by atoms with Crippen molar-refractivity contribution in [2.75, 3.05) is 18.8 Å². The van der Waals surface area contributed by atoms with Crippen molar-refractivity contribution < 1.29 is 21.9 Å². The molecule has 31 heavy (non-hydrogen) atoms. The van der Waals surface area contributed by atoms with Gasteiger partial charge in [-0.2, -0.15) is 8.78 Å². The second-order valence-electron chi connectivity index (χ2n) is 6.60. The van der Waals surface area contributed by atoms with Gasteiger partial charge in [0, 0.05) is 18.7 Å². The lowest BCUT2D eigenvalue weighted by atomic mass is 10.1. The average Bonchev–Trinajstić information content (AvgIpc) is 2.71. The lowest BCUT2D eigenvalue weighted by molar-refractivity contribution is -0.0504. The molecule has 172 valence electrons. The Balaban J connectivity index is 0.00000480. The van der Waals surface area contributed by atoms with Crippen LogP contribution in [0.4, 0.5) is 8.78 Å². The van der Waals surface area contributed by atoms with E-state index < -0.39 is 16.4 Å². The highest BCUT2D eigenvalue weighted by molar-refractivity contribution is 14.0. The number of halogens is 3. The fourth-order valence-corrected chi connectivity index (χ4v) is 4.10. The van der Waals surface area contributed by atoms with Crippen molar-refractivity contribution in [2.24, 2.45) is 4.99 Å². The van der Waals surface area contributed by atoms with E-state index in [0.29, 0.717) is 35.9 Å². The first-order valence-corrected chi connectivity index (χ1v) is 11.3. The highest BCUT2D eigenvalue weighted by Crippen LogP contribution is 2.22. The summed E-state index contributed by atoms with van der Waals surface area (Å²) in [6.45, 7) is 1.98. The van der Waals surface area contributed by atoms with E-state index in [1.165, 1.54) is 6.07 Å². The summed E-state index contributed by atoms with van der Waals surface area (Å²) in [4.78, 5) is 4.71. The van der Waals surface area contributed by atoms with E-state index in [0.717, 1.165) is 5.56 Å². The molecule has 0 aliphatic carbocycles. The molecule has 2 N–H and O–H groups in total. The number of sulfone groups is 1. The number of rotatable bonds is 10. The van der Waals surface area contributed by atoms with Crippen molar-refractivity contribution >= 4 is 39.8 Å². The summed E-state index contributed by atoms with van der Waals surface area (Å²) >= 11 is 0. The fourth-order valence-electron chi connectivity index (χ4n) is 2.76. The van der Waals surface area contributed by atoms with Gasteiger partial charge in [-0.05, 0) is 38.5 Å². The van der Waals surface area contributed by atoms with Crippen molar-refractivity contribution in [2.45, 2.75) is 38.3 Å². The van der Waals surface area contributed by atoms with Gasteiger partial charge in [0.25, 0.3) is 0 Å². The van der Waals surface area contributed by atoms with Gasteiger partial charge in [-0.15, -0.1) is 24.0 Å². The van der Waals surface area contributed by atoms with Crippen LogP contribution in [0.5, 0.6) is 5.75 Å². The summed E-state index contributed by atoms with van der Waals surface area (Å²) in [5.74, 6) is 0.566. The maximum Gasteiger partial charge on any atom is 0.387 e. The van der Waals surface area contributed by atoms with E-state index in [4.69, 9.17) is 0 Å². The molecule has 0 saturated heterocycles. The Morgan fingerprint density at radius 3 is 2.48 bits per heavy atom. The van der Waals surface area contributed by atoms with E-state index in [-0.39, 0.29) is 42.0 Å². The number of nitrogens with one attached hydrogen (secondary N) is 2. The number of aryl methyl sites for hydroxylation is 1. The topological polar surface area (TPSA) is 79.8 Å². The molecule has 0 heterocycles. The molecule has 0 spiro atoms. The zero-order valence-corrected chi connectivity index (χ0v) is 20.6. The van der Waals surface area contributed by atoms with E-state index in [9.17, 15) is 17.2 Å². The van der Waals surface area contributed by atoms with E-state index in [1.54, 1.807) is 42.5 Å². The van der Waals surface area contributed by atoms with Gasteiger partial charge in [0.1, 0.15) is 5.75 Å². The summed E-state index contributed by atoms with van der Waals surface area (Å²) in [6, 6.07) is 13.3. The highest BCUT2D eigenvalue weighted by atomic mass is 127. The molecule has 2 aromatic carbocycles. The summed E-state index contributed by atoms with van der Waals surface area (Å²) in [5.41, 5.74) is 1.45. The summed E-state index contributed by atoms with van der Waals surface area (Å²) < 4.78 is 54.4. The van der Waals surface area contributed by atoms with Crippen molar-refractivity contribution in [3.8, 4) is 5.75 Å². The molecule has 0 radical (unpaired) electrons. The third kappa shape index (κ3) is 9.38. The smallest absolute Gasteiger partial charge is 0.387 e. The van der Waals surface area contributed by atoms with Crippen LogP contribution in [-0.4, -0.2) is 39.8 Å². The van der Waals surface area contributed by atoms with Gasteiger partial charge in [-0.25, -0.2) is 13.4 Å². The van der Waals surface area contributed by atoms with Gasteiger partial charge in [0.2, 0.25) is 0 Å². The first-order chi connectivity index (χ1) is 14.3. The number of ether oxygens (including phenoxy) is 1. The Morgan fingerprint density at radius 1 is 1.13 bits per heavy atom. The highest BCUT2D eigenvalue weighted by Gasteiger charge is 2.13. The minimum Gasteiger partial charge on any atom is -0.434 e. The van der Waals surface area contributed by atoms with Gasteiger partial charge in [0.05, 0.1) is 17.2 Å². The van der Waals surface area contributed by atoms with Crippen LogP contribution in [-0.2, 0) is 16.4 Å². The first kappa shape index (κ1) is 27.1. The van der Waals surface area contributed by atoms with E-state index >= 15 is 0 Å². The average molecular weight is 567 g/mol. The maximum absolute atomic E-state index is 12.6. The van der Waals surface area contributed by atoms with Crippen LogP contribution >= 0.6 is 24.0 Å². The van der Waals surface area contributed by atoms with Gasteiger partial charge in [-0.3, -0.25) is 0 Å². The van der Waals surface area contributed by atoms with Crippen molar-refractivity contribution in [3.05, 3.63) is 59.7 Å². The van der Waals surface area contributed by atoms with Crippen LogP contribution in [0.2, 0.25) is 0 Å². The maximum atomic E-state index is 12.6.